The molecule has 1 aliphatic rings. The van der Waals surface area contributed by atoms with Crippen molar-refractivity contribution in [1.82, 2.24) is 5.32 Å². The number of benzene rings is 2. The molecule has 3 heteroatoms. The van der Waals surface area contributed by atoms with Crippen LogP contribution in [0.3, 0.4) is 0 Å². The highest BCUT2D eigenvalue weighted by Crippen LogP contribution is 2.30. The number of hydrogen-bond acceptors (Lipinski definition) is 2. The minimum Gasteiger partial charge on any atom is -0.481 e. The van der Waals surface area contributed by atoms with E-state index in [1.165, 1.54) is 35.1 Å². The smallest absolute Gasteiger partial charge is 0.261 e. The van der Waals surface area contributed by atoms with Crippen LogP contribution in [0.25, 0.3) is 0 Å². The third kappa shape index (κ3) is 4.09. The molecule has 0 aromatic heterocycles. The summed E-state index contributed by atoms with van der Waals surface area (Å²) in [5, 5.41) is 3.09. The summed E-state index contributed by atoms with van der Waals surface area (Å²) in [5.74, 6) is 0.787. The van der Waals surface area contributed by atoms with Gasteiger partial charge in [-0.15, -0.1) is 0 Å². The zero-order valence-electron chi connectivity index (χ0n) is 16.3. The number of rotatable bonds is 5. The first-order valence-electron chi connectivity index (χ1n) is 9.60. The van der Waals surface area contributed by atoms with E-state index in [9.17, 15) is 4.79 Å². The quantitative estimate of drug-likeness (QED) is 0.838. The highest BCUT2D eigenvalue weighted by molar-refractivity contribution is 5.81. The molecule has 2 aromatic rings. The molecule has 0 radical (unpaired) electrons. The SMILES string of the molecule is Cc1ccc([C@H](C)NC(=O)[C@H](C)Oc2cccc3c2CCCC3)c(C)c1. The van der Waals surface area contributed by atoms with Crippen molar-refractivity contribution in [3.05, 3.63) is 64.2 Å². The maximum Gasteiger partial charge on any atom is 0.261 e. The lowest BCUT2D eigenvalue weighted by atomic mass is 9.91. The molecule has 3 nitrogen and oxygen atoms in total. The Morgan fingerprint density at radius 2 is 1.85 bits per heavy atom. The molecule has 2 aromatic carbocycles. The van der Waals surface area contributed by atoms with Crippen molar-refractivity contribution in [1.29, 1.82) is 0 Å². The molecule has 0 unspecified atom stereocenters. The maximum atomic E-state index is 12.6. The number of hydrogen-bond donors (Lipinski definition) is 1. The molecular weight excluding hydrogens is 322 g/mol. The lowest BCUT2D eigenvalue weighted by molar-refractivity contribution is -0.127. The lowest BCUT2D eigenvalue weighted by Crippen LogP contribution is -2.38. The van der Waals surface area contributed by atoms with Crippen LogP contribution in [0.15, 0.2) is 36.4 Å². The molecule has 0 fully saturated rings. The minimum absolute atomic E-state index is 0.0427. The number of carbonyl (C=O) groups excluding carboxylic acids is 1. The summed E-state index contributed by atoms with van der Waals surface area (Å²) in [5.41, 5.74) is 6.22. The van der Waals surface area contributed by atoms with Crippen molar-refractivity contribution < 1.29 is 9.53 Å². The molecule has 3 rings (SSSR count). The fourth-order valence-corrected chi connectivity index (χ4v) is 3.82. The first kappa shape index (κ1) is 18.5. The number of fused-ring (bicyclic) bond motifs is 1. The van der Waals surface area contributed by atoms with Gasteiger partial charge in [0.05, 0.1) is 6.04 Å². The van der Waals surface area contributed by atoms with Gasteiger partial charge in [-0.05, 0) is 81.7 Å². The highest BCUT2D eigenvalue weighted by atomic mass is 16.5. The van der Waals surface area contributed by atoms with E-state index in [1.54, 1.807) is 0 Å². The third-order valence-corrected chi connectivity index (χ3v) is 5.28. The van der Waals surface area contributed by atoms with Gasteiger partial charge < -0.3 is 10.1 Å². The van der Waals surface area contributed by atoms with Gasteiger partial charge in [0.1, 0.15) is 5.75 Å². The second kappa shape index (κ2) is 7.94. The van der Waals surface area contributed by atoms with E-state index >= 15 is 0 Å². The van der Waals surface area contributed by atoms with Crippen LogP contribution in [-0.2, 0) is 17.6 Å². The van der Waals surface area contributed by atoms with E-state index in [1.807, 2.05) is 26.0 Å². The van der Waals surface area contributed by atoms with Gasteiger partial charge in [-0.1, -0.05) is 35.9 Å². The number of carbonyl (C=O) groups is 1. The Morgan fingerprint density at radius 1 is 1.08 bits per heavy atom. The second-order valence-corrected chi connectivity index (χ2v) is 7.45. The van der Waals surface area contributed by atoms with Gasteiger partial charge in [0.25, 0.3) is 5.91 Å². The van der Waals surface area contributed by atoms with Gasteiger partial charge in [0.15, 0.2) is 6.10 Å². The van der Waals surface area contributed by atoms with Crippen LogP contribution >= 0.6 is 0 Å². The molecule has 1 N–H and O–H groups in total. The predicted octanol–water partition coefficient (Wildman–Crippen LogP) is 4.83. The Kier molecular flexibility index (Phi) is 5.65. The zero-order valence-corrected chi connectivity index (χ0v) is 16.3. The molecular formula is C23H29NO2. The molecule has 0 saturated heterocycles. The summed E-state index contributed by atoms with van der Waals surface area (Å²) in [6.45, 7) is 8.01. The Balaban J connectivity index is 1.67. The van der Waals surface area contributed by atoms with E-state index in [4.69, 9.17) is 4.74 Å². The monoisotopic (exact) mass is 351 g/mol. The number of ether oxygens (including phenoxy) is 1. The van der Waals surface area contributed by atoms with Crippen LogP contribution in [0.4, 0.5) is 0 Å². The Labute approximate surface area is 156 Å². The van der Waals surface area contributed by atoms with Crippen molar-refractivity contribution in [2.75, 3.05) is 0 Å². The number of nitrogens with one attached hydrogen (secondary N) is 1. The Bertz CT molecular complexity index is 797. The average Bonchev–Trinajstić information content (AvgIpc) is 2.61. The van der Waals surface area contributed by atoms with Gasteiger partial charge in [-0.25, -0.2) is 0 Å². The second-order valence-electron chi connectivity index (χ2n) is 7.45. The van der Waals surface area contributed by atoms with Crippen LogP contribution in [0.1, 0.15) is 60.5 Å². The van der Waals surface area contributed by atoms with Crippen LogP contribution in [0.5, 0.6) is 5.75 Å². The first-order valence-corrected chi connectivity index (χ1v) is 9.60. The number of aryl methyl sites for hydroxylation is 3. The van der Waals surface area contributed by atoms with Crippen LogP contribution in [0.2, 0.25) is 0 Å². The van der Waals surface area contributed by atoms with E-state index in [2.05, 4.69) is 43.4 Å². The highest BCUT2D eigenvalue weighted by Gasteiger charge is 2.21. The van der Waals surface area contributed by atoms with Gasteiger partial charge in [0.2, 0.25) is 0 Å². The van der Waals surface area contributed by atoms with E-state index in [-0.39, 0.29) is 11.9 Å². The molecule has 0 aliphatic heterocycles. The molecule has 138 valence electrons. The molecule has 0 bridgehead atoms. The van der Waals surface area contributed by atoms with E-state index < -0.39 is 6.10 Å². The first-order chi connectivity index (χ1) is 12.5. The van der Waals surface area contributed by atoms with Crippen molar-refractivity contribution in [3.8, 4) is 5.75 Å². The summed E-state index contributed by atoms with van der Waals surface area (Å²) in [6.07, 6.45) is 4.06. The van der Waals surface area contributed by atoms with Crippen molar-refractivity contribution in [2.45, 2.75) is 65.5 Å². The third-order valence-electron chi connectivity index (χ3n) is 5.28. The normalized spacial score (nSPS) is 15.7. The minimum atomic E-state index is -0.517. The maximum absolute atomic E-state index is 12.6. The summed E-state index contributed by atoms with van der Waals surface area (Å²) in [7, 11) is 0. The van der Waals surface area contributed by atoms with Crippen LogP contribution in [-0.4, -0.2) is 12.0 Å². The summed E-state index contributed by atoms with van der Waals surface area (Å²) < 4.78 is 6.05. The van der Waals surface area contributed by atoms with Gasteiger partial charge >= 0.3 is 0 Å². The van der Waals surface area contributed by atoms with Crippen LogP contribution < -0.4 is 10.1 Å². The summed E-state index contributed by atoms with van der Waals surface area (Å²) >= 11 is 0. The largest absolute Gasteiger partial charge is 0.481 e. The topological polar surface area (TPSA) is 38.3 Å². The van der Waals surface area contributed by atoms with Gasteiger partial charge in [0, 0.05) is 0 Å². The summed E-state index contributed by atoms with van der Waals surface area (Å²) in [4.78, 5) is 12.6. The molecule has 0 spiro atoms. The van der Waals surface area contributed by atoms with E-state index in [0.29, 0.717) is 0 Å². The summed E-state index contributed by atoms with van der Waals surface area (Å²) in [6, 6.07) is 12.5. The fourth-order valence-electron chi connectivity index (χ4n) is 3.82. The van der Waals surface area contributed by atoms with Crippen LogP contribution in [0, 0.1) is 13.8 Å². The lowest BCUT2D eigenvalue weighted by Gasteiger charge is -2.23. The molecule has 0 saturated carbocycles. The fraction of sp³-hybridized carbons (Fsp3) is 0.435. The molecule has 1 aliphatic carbocycles. The van der Waals surface area contributed by atoms with Gasteiger partial charge in [-0.2, -0.15) is 0 Å². The number of amides is 1. The van der Waals surface area contributed by atoms with Crippen molar-refractivity contribution >= 4 is 5.91 Å². The molecule has 2 atom stereocenters. The molecule has 0 heterocycles. The van der Waals surface area contributed by atoms with Crippen molar-refractivity contribution in [2.24, 2.45) is 0 Å². The van der Waals surface area contributed by atoms with Gasteiger partial charge in [-0.3, -0.25) is 4.79 Å². The standard InChI is InChI=1S/C23H29NO2/c1-15-12-13-20(16(2)14-15)17(3)24-23(25)18(4)26-22-11-7-9-19-8-5-6-10-21(19)22/h7,9,11-14,17-18H,5-6,8,10H2,1-4H3,(H,24,25)/t17-,18-/m0/s1. The molecule has 26 heavy (non-hydrogen) atoms. The Hall–Kier alpha value is -2.29. The average molecular weight is 351 g/mol. The molecule has 1 amide bonds. The van der Waals surface area contributed by atoms with Crippen molar-refractivity contribution in [3.63, 3.8) is 0 Å². The predicted molar refractivity (Wildman–Crippen MR) is 106 cm³/mol. The van der Waals surface area contributed by atoms with E-state index in [0.717, 1.165) is 24.2 Å². The zero-order chi connectivity index (χ0) is 18.7. The Morgan fingerprint density at radius 3 is 2.62 bits per heavy atom.